The van der Waals surface area contributed by atoms with Gasteiger partial charge in [-0.3, -0.25) is 9.20 Å². The number of aromatic amines is 1. The van der Waals surface area contributed by atoms with E-state index >= 15 is 0 Å². The van der Waals surface area contributed by atoms with Gasteiger partial charge >= 0.3 is 5.97 Å². The van der Waals surface area contributed by atoms with Crippen LogP contribution in [0, 0.1) is 0 Å². The van der Waals surface area contributed by atoms with Gasteiger partial charge in [0.1, 0.15) is 5.52 Å². The van der Waals surface area contributed by atoms with E-state index in [0.717, 1.165) is 5.56 Å². The highest BCUT2D eigenvalue weighted by molar-refractivity contribution is 5.90. The summed E-state index contributed by atoms with van der Waals surface area (Å²) in [7, 11) is 1.33. The second-order valence-corrected chi connectivity index (χ2v) is 4.26. The number of nitrogens with one attached hydrogen (secondary N) is 1. The highest BCUT2D eigenvalue weighted by atomic mass is 16.5. The Bertz CT molecular complexity index is 848. The standard InChI is InChI=1S/C14H11N3O3/c1-20-14(19)10-4-2-3-9(5-10)11-7-17-8-15-6-12(17)13(18)16-11/h2-8H,1H3,(H,16,18). The summed E-state index contributed by atoms with van der Waals surface area (Å²) in [6.45, 7) is 0. The third kappa shape index (κ3) is 1.97. The average molecular weight is 269 g/mol. The lowest BCUT2D eigenvalue weighted by Gasteiger charge is -2.05. The van der Waals surface area contributed by atoms with Gasteiger partial charge in [-0.2, -0.15) is 0 Å². The highest BCUT2D eigenvalue weighted by Crippen LogP contribution is 2.18. The van der Waals surface area contributed by atoms with E-state index in [1.807, 2.05) is 0 Å². The monoisotopic (exact) mass is 269 g/mol. The van der Waals surface area contributed by atoms with Crippen molar-refractivity contribution in [3.05, 3.63) is 58.9 Å². The third-order valence-electron chi connectivity index (χ3n) is 3.01. The number of rotatable bonds is 2. The predicted molar refractivity (Wildman–Crippen MR) is 72.6 cm³/mol. The molecule has 6 heteroatoms. The number of hydrogen-bond acceptors (Lipinski definition) is 4. The minimum Gasteiger partial charge on any atom is -0.465 e. The third-order valence-corrected chi connectivity index (χ3v) is 3.01. The van der Waals surface area contributed by atoms with Crippen LogP contribution in [0.3, 0.4) is 0 Å². The molecule has 3 rings (SSSR count). The average Bonchev–Trinajstić information content (AvgIpc) is 2.95. The molecule has 20 heavy (non-hydrogen) atoms. The number of nitrogens with zero attached hydrogens (tertiary/aromatic N) is 2. The number of ether oxygens (including phenoxy) is 1. The second kappa shape index (κ2) is 4.65. The first-order chi connectivity index (χ1) is 9.69. The Morgan fingerprint density at radius 2 is 2.25 bits per heavy atom. The van der Waals surface area contributed by atoms with Crippen molar-refractivity contribution in [2.45, 2.75) is 0 Å². The van der Waals surface area contributed by atoms with Crippen LogP contribution in [0.4, 0.5) is 0 Å². The number of hydrogen-bond donors (Lipinski definition) is 1. The summed E-state index contributed by atoms with van der Waals surface area (Å²) in [6, 6.07) is 6.86. The van der Waals surface area contributed by atoms with Crippen LogP contribution in [-0.2, 0) is 4.74 Å². The Hall–Kier alpha value is -2.89. The number of fused-ring (bicyclic) bond motifs is 1. The van der Waals surface area contributed by atoms with Crippen LogP contribution >= 0.6 is 0 Å². The quantitative estimate of drug-likeness (QED) is 0.715. The van der Waals surface area contributed by atoms with Crippen molar-refractivity contribution in [1.82, 2.24) is 14.4 Å². The van der Waals surface area contributed by atoms with Crippen LogP contribution in [0.15, 0.2) is 47.8 Å². The molecule has 2 heterocycles. The molecule has 0 atom stereocenters. The predicted octanol–water partition coefficient (Wildman–Crippen LogP) is 1.48. The SMILES string of the molecule is COC(=O)c1cccc(-c2cn3cncc3c(=O)[nH]2)c1. The van der Waals surface area contributed by atoms with Crippen LogP contribution in [0.25, 0.3) is 16.8 Å². The topological polar surface area (TPSA) is 76.5 Å². The van der Waals surface area contributed by atoms with E-state index in [2.05, 4.69) is 14.7 Å². The first-order valence-electron chi connectivity index (χ1n) is 5.93. The van der Waals surface area contributed by atoms with E-state index in [1.54, 1.807) is 41.2 Å². The number of methoxy groups -OCH3 is 1. The maximum atomic E-state index is 11.9. The van der Waals surface area contributed by atoms with Crippen molar-refractivity contribution in [3.8, 4) is 11.3 Å². The lowest BCUT2D eigenvalue weighted by molar-refractivity contribution is 0.0601. The summed E-state index contributed by atoms with van der Waals surface area (Å²) in [5.41, 5.74) is 1.99. The fourth-order valence-corrected chi connectivity index (χ4v) is 2.02. The molecule has 3 aromatic rings. The molecule has 0 radical (unpaired) electrons. The molecule has 1 aromatic carbocycles. The summed E-state index contributed by atoms with van der Waals surface area (Å²) in [6.07, 6.45) is 4.80. The Labute approximate surface area is 113 Å². The number of H-pyrrole nitrogens is 1. The van der Waals surface area contributed by atoms with Gasteiger partial charge in [0.2, 0.25) is 0 Å². The number of imidazole rings is 1. The molecule has 0 saturated heterocycles. The minimum absolute atomic E-state index is 0.233. The van der Waals surface area contributed by atoms with E-state index in [0.29, 0.717) is 16.8 Å². The zero-order chi connectivity index (χ0) is 14.1. The minimum atomic E-state index is -0.419. The zero-order valence-corrected chi connectivity index (χ0v) is 10.7. The van der Waals surface area contributed by atoms with E-state index < -0.39 is 5.97 Å². The lowest BCUT2D eigenvalue weighted by atomic mass is 10.1. The van der Waals surface area contributed by atoms with Crippen molar-refractivity contribution in [2.24, 2.45) is 0 Å². The molecule has 2 aromatic heterocycles. The van der Waals surface area contributed by atoms with Crippen LogP contribution in [-0.4, -0.2) is 27.4 Å². The summed E-state index contributed by atoms with van der Waals surface area (Å²) in [5, 5.41) is 0. The van der Waals surface area contributed by atoms with Gasteiger partial charge < -0.3 is 9.72 Å². The van der Waals surface area contributed by atoms with Gasteiger partial charge in [0.15, 0.2) is 0 Å². The van der Waals surface area contributed by atoms with Gasteiger partial charge in [-0.25, -0.2) is 9.78 Å². The van der Waals surface area contributed by atoms with Gasteiger partial charge in [-0.1, -0.05) is 12.1 Å². The normalized spacial score (nSPS) is 10.7. The fraction of sp³-hybridized carbons (Fsp3) is 0.0714. The summed E-state index contributed by atoms with van der Waals surface area (Å²) < 4.78 is 6.32. The van der Waals surface area contributed by atoms with Gasteiger partial charge in [-0.05, 0) is 12.1 Å². The van der Waals surface area contributed by atoms with Crippen molar-refractivity contribution >= 4 is 11.5 Å². The Balaban J connectivity index is 2.15. The lowest BCUT2D eigenvalue weighted by Crippen LogP contribution is -2.10. The largest absolute Gasteiger partial charge is 0.465 e. The molecule has 0 fully saturated rings. The maximum Gasteiger partial charge on any atom is 0.337 e. The summed E-state index contributed by atoms with van der Waals surface area (Å²) in [5.74, 6) is -0.419. The number of aromatic nitrogens is 3. The number of carbonyl (C=O) groups excluding carboxylic acids is 1. The molecule has 0 bridgehead atoms. The van der Waals surface area contributed by atoms with Crippen LogP contribution in [0.5, 0.6) is 0 Å². The first kappa shape index (κ1) is 12.2. The molecular weight excluding hydrogens is 258 g/mol. The van der Waals surface area contributed by atoms with E-state index in [9.17, 15) is 9.59 Å². The Morgan fingerprint density at radius 1 is 1.40 bits per heavy atom. The Morgan fingerprint density at radius 3 is 3.05 bits per heavy atom. The fourth-order valence-electron chi connectivity index (χ4n) is 2.02. The van der Waals surface area contributed by atoms with Crippen molar-refractivity contribution in [3.63, 3.8) is 0 Å². The summed E-state index contributed by atoms with van der Waals surface area (Å²) >= 11 is 0. The van der Waals surface area contributed by atoms with E-state index in [1.165, 1.54) is 13.3 Å². The van der Waals surface area contributed by atoms with Crippen molar-refractivity contribution < 1.29 is 9.53 Å². The molecule has 0 spiro atoms. The van der Waals surface area contributed by atoms with Crippen LogP contribution < -0.4 is 5.56 Å². The smallest absolute Gasteiger partial charge is 0.337 e. The van der Waals surface area contributed by atoms with Gasteiger partial charge in [-0.15, -0.1) is 0 Å². The Kier molecular flexibility index (Phi) is 2.83. The molecule has 6 nitrogen and oxygen atoms in total. The van der Waals surface area contributed by atoms with Crippen LogP contribution in [0.2, 0.25) is 0 Å². The second-order valence-electron chi connectivity index (χ2n) is 4.26. The molecule has 0 aliphatic rings. The number of carbonyl (C=O) groups is 1. The number of esters is 1. The van der Waals surface area contributed by atoms with Crippen molar-refractivity contribution in [2.75, 3.05) is 7.11 Å². The van der Waals surface area contributed by atoms with Crippen molar-refractivity contribution in [1.29, 1.82) is 0 Å². The molecule has 0 unspecified atom stereocenters. The molecule has 0 aliphatic carbocycles. The highest BCUT2D eigenvalue weighted by Gasteiger charge is 2.08. The molecular formula is C14H11N3O3. The molecule has 100 valence electrons. The van der Waals surface area contributed by atoms with E-state index in [4.69, 9.17) is 0 Å². The number of benzene rings is 1. The summed E-state index contributed by atoms with van der Waals surface area (Å²) in [4.78, 5) is 30.1. The van der Waals surface area contributed by atoms with Gasteiger partial charge in [0.25, 0.3) is 5.56 Å². The molecule has 0 amide bonds. The molecule has 0 saturated carbocycles. The first-order valence-corrected chi connectivity index (χ1v) is 5.93. The zero-order valence-electron chi connectivity index (χ0n) is 10.7. The van der Waals surface area contributed by atoms with Gasteiger partial charge in [0.05, 0.1) is 30.9 Å². The maximum absolute atomic E-state index is 11.9. The van der Waals surface area contributed by atoms with E-state index in [-0.39, 0.29) is 5.56 Å². The van der Waals surface area contributed by atoms with Crippen LogP contribution in [0.1, 0.15) is 10.4 Å². The molecule has 1 N–H and O–H groups in total. The van der Waals surface area contributed by atoms with Gasteiger partial charge in [0, 0.05) is 11.8 Å². The molecule has 0 aliphatic heterocycles.